The number of rotatable bonds is 8. The molecule has 0 radical (unpaired) electrons. The van der Waals surface area contributed by atoms with Crippen molar-refractivity contribution in [1.82, 2.24) is 20.5 Å². The summed E-state index contributed by atoms with van der Waals surface area (Å²) in [6, 6.07) is 10.6. The Kier molecular flexibility index (Phi) is 8.10. The number of alkyl halides is 3. The van der Waals surface area contributed by atoms with Gasteiger partial charge in [-0.3, -0.25) is 14.5 Å². The second-order valence-electron chi connectivity index (χ2n) is 9.31. The van der Waals surface area contributed by atoms with Crippen LogP contribution in [-0.4, -0.2) is 60.1 Å². The maximum Gasteiger partial charge on any atom is 0.416 e. The Morgan fingerprint density at radius 1 is 1.06 bits per heavy atom. The number of carbonyl (C=O) groups is 2. The van der Waals surface area contributed by atoms with Gasteiger partial charge in [0.1, 0.15) is 5.82 Å². The van der Waals surface area contributed by atoms with Crippen molar-refractivity contribution in [1.29, 1.82) is 0 Å². The summed E-state index contributed by atoms with van der Waals surface area (Å²) in [4.78, 5) is 31.4. The largest absolute Gasteiger partial charge is 0.416 e. The van der Waals surface area contributed by atoms with Crippen molar-refractivity contribution in [3.8, 4) is 0 Å². The van der Waals surface area contributed by atoms with Crippen LogP contribution in [0.1, 0.15) is 53.2 Å². The molecule has 5 N–H and O–H groups in total. The van der Waals surface area contributed by atoms with Gasteiger partial charge in [0, 0.05) is 36.3 Å². The molecule has 1 saturated carbocycles. The molecule has 2 aliphatic rings. The Bertz CT molecular complexity index is 1070. The molecular weight excluding hydrogens is 473 g/mol. The van der Waals surface area contributed by atoms with Gasteiger partial charge in [0.15, 0.2) is 0 Å². The molecule has 2 amide bonds. The molecule has 8 nitrogen and oxygen atoms in total. The van der Waals surface area contributed by atoms with Crippen LogP contribution in [0.4, 0.5) is 19.0 Å². The summed E-state index contributed by atoms with van der Waals surface area (Å²) in [6.07, 6.45) is -0.298. The molecule has 11 heteroatoms. The Labute approximate surface area is 207 Å². The smallest absolute Gasteiger partial charge is 0.358 e. The van der Waals surface area contributed by atoms with Gasteiger partial charge in [-0.2, -0.15) is 13.2 Å². The Morgan fingerprint density at radius 2 is 1.78 bits per heavy atom. The summed E-state index contributed by atoms with van der Waals surface area (Å²) in [5.41, 5.74) is 5.59. The third-order valence-electron chi connectivity index (χ3n) is 6.82. The van der Waals surface area contributed by atoms with E-state index in [-0.39, 0.29) is 24.1 Å². The van der Waals surface area contributed by atoms with Gasteiger partial charge in [0.05, 0.1) is 24.8 Å². The lowest BCUT2D eigenvalue weighted by molar-refractivity contribution is -0.137. The predicted molar refractivity (Wildman–Crippen MR) is 129 cm³/mol. The van der Waals surface area contributed by atoms with Gasteiger partial charge >= 0.3 is 6.18 Å². The molecule has 1 aliphatic heterocycles. The number of hydrogen-bond acceptors (Lipinski definition) is 6. The number of pyridine rings is 1. The van der Waals surface area contributed by atoms with Crippen LogP contribution in [0.3, 0.4) is 0 Å². The zero-order chi connectivity index (χ0) is 25.7. The van der Waals surface area contributed by atoms with Crippen LogP contribution in [0.25, 0.3) is 0 Å². The van der Waals surface area contributed by atoms with Crippen molar-refractivity contribution in [3.05, 3.63) is 59.3 Å². The highest BCUT2D eigenvalue weighted by molar-refractivity contribution is 5.96. The van der Waals surface area contributed by atoms with Crippen LogP contribution in [0, 0.1) is 0 Å². The van der Waals surface area contributed by atoms with Crippen LogP contribution in [0.2, 0.25) is 0 Å². The zero-order valence-corrected chi connectivity index (χ0v) is 19.9. The second-order valence-corrected chi connectivity index (χ2v) is 9.31. The minimum Gasteiger partial charge on any atom is -0.358 e. The third-order valence-corrected chi connectivity index (χ3v) is 6.82. The first kappa shape index (κ1) is 25.9. The molecule has 0 unspecified atom stereocenters. The maximum absolute atomic E-state index is 12.8. The molecule has 36 heavy (non-hydrogen) atoms. The highest BCUT2D eigenvalue weighted by Gasteiger charge is 2.36. The number of amides is 2. The van der Waals surface area contributed by atoms with Crippen LogP contribution < -0.4 is 21.7 Å². The molecule has 1 saturated heterocycles. The van der Waals surface area contributed by atoms with Gasteiger partial charge in [-0.05, 0) is 56.0 Å². The van der Waals surface area contributed by atoms with E-state index in [0.29, 0.717) is 18.6 Å². The molecule has 0 atom stereocenters. The molecule has 1 aliphatic carbocycles. The van der Waals surface area contributed by atoms with Crippen LogP contribution >= 0.6 is 0 Å². The van der Waals surface area contributed by atoms with E-state index in [1.165, 1.54) is 12.1 Å². The number of nitrogens with one attached hydrogen (secondary N) is 3. The minimum absolute atomic E-state index is 0.00127. The summed E-state index contributed by atoms with van der Waals surface area (Å²) in [6.45, 7) is 1.55. The van der Waals surface area contributed by atoms with E-state index < -0.39 is 17.6 Å². The molecule has 0 spiro atoms. The van der Waals surface area contributed by atoms with E-state index in [0.717, 1.165) is 62.4 Å². The fourth-order valence-electron chi connectivity index (χ4n) is 4.90. The maximum atomic E-state index is 12.8. The first-order valence-electron chi connectivity index (χ1n) is 12.1. The number of aromatic nitrogens is 1. The molecule has 2 aromatic rings. The predicted octanol–water partition coefficient (Wildman–Crippen LogP) is 2.69. The van der Waals surface area contributed by atoms with Crippen LogP contribution in [0.15, 0.2) is 42.5 Å². The van der Waals surface area contributed by atoms with Gasteiger partial charge in [0.2, 0.25) is 5.91 Å². The number of benzene rings is 1. The van der Waals surface area contributed by atoms with Crippen molar-refractivity contribution in [2.75, 3.05) is 31.6 Å². The molecular formula is C25H31F3N6O2. The van der Waals surface area contributed by atoms with Gasteiger partial charge in [-0.25, -0.2) is 4.98 Å². The van der Waals surface area contributed by atoms with Crippen molar-refractivity contribution >= 4 is 17.6 Å². The average Bonchev–Trinajstić information content (AvgIpc) is 2.84. The van der Waals surface area contributed by atoms with E-state index in [2.05, 4.69) is 31.9 Å². The van der Waals surface area contributed by atoms with Gasteiger partial charge in [-0.15, -0.1) is 0 Å². The Hall–Kier alpha value is -3.18. The lowest BCUT2D eigenvalue weighted by Gasteiger charge is -2.46. The summed E-state index contributed by atoms with van der Waals surface area (Å²) in [7, 11) is 0. The molecule has 1 aromatic heterocycles. The first-order valence-corrected chi connectivity index (χ1v) is 12.1. The summed E-state index contributed by atoms with van der Waals surface area (Å²) in [5.74, 6) is 0.144. The molecule has 4 rings (SSSR count). The molecule has 0 bridgehead atoms. The normalized spacial score (nSPS) is 20.9. The standard InChI is InChI=1S/C25H31F3N6O2/c26-25(27,28)18-4-1-3-17(11-18)24(36)30-12-23(35)32-19-13-34(14-19)20-9-7-16(8-10-20)21-5-2-6-22(33-21)31-15-29/h1-6,11,16,19-20H,7-10,12-15,29H2,(H,30,36)(H,31,33)(H,32,35)/t16-,20+. The van der Waals surface area contributed by atoms with Gasteiger partial charge < -0.3 is 21.7 Å². The lowest BCUT2D eigenvalue weighted by atomic mass is 9.82. The monoisotopic (exact) mass is 504 g/mol. The average molecular weight is 505 g/mol. The number of carbonyl (C=O) groups excluding carboxylic acids is 2. The molecule has 2 fully saturated rings. The van der Waals surface area contributed by atoms with Crippen molar-refractivity contribution < 1.29 is 22.8 Å². The Morgan fingerprint density at radius 3 is 2.47 bits per heavy atom. The zero-order valence-electron chi connectivity index (χ0n) is 19.9. The topological polar surface area (TPSA) is 112 Å². The molecule has 1 aromatic carbocycles. The summed E-state index contributed by atoms with van der Waals surface area (Å²) >= 11 is 0. The quantitative estimate of drug-likeness (QED) is 0.412. The van der Waals surface area contributed by atoms with Crippen LogP contribution in [-0.2, 0) is 11.0 Å². The highest BCUT2D eigenvalue weighted by Crippen LogP contribution is 2.35. The lowest BCUT2D eigenvalue weighted by Crippen LogP contribution is -2.63. The Balaban J connectivity index is 1.16. The fraction of sp³-hybridized carbons (Fsp3) is 0.480. The number of nitrogens with two attached hydrogens (primary N) is 1. The summed E-state index contributed by atoms with van der Waals surface area (Å²) < 4.78 is 38.5. The van der Waals surface area contributed by atoms with Crippen molar-refractivity contribution in [2.24, 2.45) is 5.73 Å². The molecule has 2 heterocycles. The third kappa shape index (κ3) is 6.52. The van der Waals surface area contributed by atoms with E-state index in [9.17, 15) is 22.8 Å². The fourth-order valence-corrected chi connectivity index (χ4v) is 4.90. The van der Waals surface area contributed by atoms with E-state index >= 15 is 0 Å². The number of halogens is 3. The number of anilines is 1. The first-order chi connectivity index (χ1) is 17.2. The SMILES string of the molecule is NCNc1cccc([C@H]2CC[C@@H](N3CC(NC(=O)CNC(=O)c4cccc(C(F)(F)F)c4)C3)CC2)n1. The van der Waals surface area contributed by atoms with Gasteiger partial charge in [0.25, 0.3) is 5.91 Å². The van der Waals surface area contributed by atoms with E-state index in [1.807, 2.05) is 12.1 Å². The van der Waals surface area contributed by atoms with E-state index in [1.54, 1.807) is 0 Å². The summed E-state index contributed by atoms with van der Waals surface area (Å²) in [5, 5.41) is 8.31. The molecule has 194 valence electrons. The minimum atomic E-state index is -4.53. The van der Waals surface area contributed by atoms with Crippen LogP contribution in [0.5, 0.6) is 0 Å². The van der Waals surface area contributed by atoms with Gasteiger partial charge in [-0.1, -0.05) is 12.1 Å². The van der Waals surface area contributed by atoms with Crippen molar-refractivity contribution in [3.63, 3.8) is 0 Å². The van der Waals surface area contributed by atoms with E-state index in [4.69, 9.17) is 5.73 Å². The van der Waals surface area contributed by atoms with Crippen molar-refractivity contribution in [2.45, 2.75) is 49.9 Å². The number of likely N-dealkylation sites (tertiary alicyclic amines) is 1. The highest BCUT2D eigenvalue weighted by atomic mass is 19.4. The number of nitrogens with zero attached hydrogens (tertiary/aromatic N) is 2. The number of hydrogen-bond donors (Lipinski definition) is 4. The second kappa shape index (κ2) is 11.3.